The molecule has 0 spiro atoms. The monoisotopic (exact) mass is 481 g/mol. The van der Waals surface area contributed by atoms with Crippen molar-refractivity contribution in [1.82, 2.24) is 5.32 Å². The number of nitrogens with zero attached hydrogens (tertiary/aromatic N) is 2. The predicted molar refractivity (Wildman–Crippen MR) is 131 cm³/mol. The molecule has 0 saturated carbocycles. The number of hydrogen-bond donors (Lipinski definition) is 1. The summed E-state index contributed by atoms with van der Waals surface area (Å²) in [5.41, 5.74) is 0.679. The molecule has 1 atom stereocenters. The Morgan fingerprint density at radius 3 is 2.18 bits per heavy atom. The number of amides is 1. The van der Waals surface area contributed by atoms with Crippen LogP contribution in [0, 0.1) is 16.0 Å². The second-order valence-corrected chi connectivity index (χ2v) is 10.1. The van der Waals surface area contributed by atoms with Crippen molar-refractivity contribution in [2.24, 2.45) is 5.92 Å². The van der Waals surface area contributed by atoms with Gasteiger partial charge in [-0.05, 0) is 36.1 Å². The smallest absolute Gasteiger partial charge is 0.271 e. The van der Waals surface area contributed by atoms with Crippen molar-refractivity contribution in [3.63, 3.8) is 0 Å². The van der Waals surface area contributed by atoms with Gasteiger partial charge in [-0.25, -0.2) is 8.42 Å². The molecule has 3 aromatic rings. The largest absolute Gasteiger partial charge is 0.348 e. The van der Waals surface area contributed by atoms with Crippen molar-refractivity contribution in [3.05, 3.63) is 101 Å². The van der Waals surface area contributed by atoms with Crippen LogP contribution in [0.25, 0.3) is 0 Å². The minimum atomic E-state index is -4.17. The van der Waals surface area contributed by atoms with Crippen molar-refractivity contribution >= 4 is 27.3 Å². The first-order chi connectivity index (χ1) is 16.2. The zero-order chi connectivity index (χ0) is 24.7. The Hall–Kier alpha value is -3.72. The van der Waals surface area contributed by atoms with Crippen LogP contribution in [0.3, 0.4) is 0 Å². The van der Waals surface area contributed by atoms with Crippen molar-refractivity contribution in [1.29, 1.82) is 0 Å². The highest BCUT2D eigenvalue weighted by Crippen LogP contribution is 2.27. The van der Waals surface area contributed by atoms with Crippen LogP contribution in [0.2, 0.25) is 0 Å². The fourth-order valence-corrected chi connectivity index (χ4v) is 5.04. The number of rotatable bonds is 10. The van der Waals surface area contributed by atoms with E-state index < -0.39 is 27.4 Å². The van der Waals surface area contributed by atoms with Crippen LogP contribution in [0.4, 0.5) is 11.4 Å². The van der Waals surface area contributed by atoms with Crippen molar-refractivity contribution in [2.75, 3.05) is 10.8 Å². The third-order valence-corrected chi connectivity index (χ3v) is 6.98. The van der Waals surface area contributed by atoms with E-state index in [1.807, 2.05) is 44.2 Å². The number of carbonyl (C=O) groups is 1. The lowest BCUT2D eigenvalue weighted by Gasteiger charge is -2.26. The number of carbonyl (C=O) groups excluding carboxylic acids is 1. The molecule has 178 valence electrons. The highest BCUT2D eigenvalue weighted by atomic mass is 32.2. The second-order valence-electron chi connectivity index (χ2n) is 8.26. The third kappa shape index (κ3) is 6.20. The molecule has 0 heterocycles. The van der Waals surface area contributed by atoms with Crippen LogP contribution in [0.15, 0.2) is 89.8 Å². The van der Waals surface area contributed by atoms with Crippen LogP contribution in [0.5, 0.6) is 0 Å². The first-order valence-electron chi connectivity index (χ1n) is 10.8. The Kier molecular flexibility index (Phi) is 8.01. The molecule has 3 aromatic carbocycles. The molecule has 1 N–H and O–H groups in total. The van der Waals surface area contributed by atoms with Crippen molar-refractivity contribution in [3.8, 4) is 0 Å². The predicted octanol–water partition coefficient (Wildman–Crippen LogP) is 4.69. The number of nitro benzene ring substituents is 1. The zero-order valence-corrected chi connectivity index (χ0v) is 19.8. The normalized spacial score (nSPS) is 12.2. The second kappa shape index (κ2) is 10.9. The van der Waals surface area contributed by atoms with E-state index in [0.29, 0.717) is 6.42 Å². The quantitative estimate of drug-likeness (QED) is 0.334. The summed E-state index contributed by atoms with van der Waals surface area (Å²) < 4.78 is 27.8. The maximum Gasteiger partial charge on any atom is 0.271 e. The van der Waals surface area contributed by atoms with Gasteiger partial charge in [-0.15, -0.1) is 0 Å². The topological polar surface area (TPSA) is 110 Å². The summed E-state index contributed by atoms with van der Waals surface area (Å²) in [4.78, 5) is 23.8. The highest BCUT2D eigenvalue weighted by Gasteiger charge is 2.29. The minimum Gasteiger partial charge on any atom is -0.348 e. The molecule has 0 aliphatic heterocycles. The summed E-state index contributed by atoms with van der Waals surface area (Å²) >= 11 is 0. The molecule has 0 bridgehead atoms. The Morgan fingerprint density at radius 2 is 1.59 bits per heavy atom. The van der Waals surface area contributed by atoms with Gasteiger partial charge in [0.1, 0.15) is 6.54 Å². The van der Waals surface area contributed by atoms with Crippen LogP contribution in [0.1, 0.15) is 31.9 Å². The standard InChI is InChI=1S/C25H27N3O5S/c1-19(2)16-24(20-10-5-3-6-11-20)26-25(29)18-27(21-12-9-13-22(17-21)28(30)31)34(32,33)23-14-7-4-8-15-23/h3-15,17,19,24H,16,18H2,1-2H3,(H,26,29)/t24-/m0/s1. The first-order valence-corrected chi connectivity index (χ1v) is 12.3. The summed E-state index contributed by atoms with van der Waals surface area (Å²) in [6.07, 6.45) is 0.665. The van der Waals surface area contributed by atoms with E-state index in [1.165, 1.54) is 30.3 Å². The van der Waals surface area contributed by atoms with E-state index in [2.05, 4.69) is 5.32 Å². The molecule has 8 nitrogen and oxygen atoms in total. The van der Waals surface area contributed by atoms with Gasteiger partial charge in [-0.1, -0.05) is 68.4 Å². The summed E-state index contributed by atoms with van der Waals surface area (Å²) in [5, 5.41) is 14.2. The number of anilines is 1. The van der Waals surface area contributed by atoms with E-state index in [0.717, 1.165) is 15.9 Å². The molecule has 3 rings (SSSR count). The molecular weight excluding hydrogens is 454 g/mol. The Morgan fingerprint density at radius 1 is 0.971 bits per heavy atom. The fraction of sp³-hybridized carbons (Fsp3) is 0.240. The molecular formula is C25H27N3O5S. The van der Waals surface area contributed by atoms with Crippen LogP contribution < -0.4 is 9.62 Å². The molecule has 0 aromatic heterocycles. The fourth-order valence-electron chi connectivity index (χ4n) is 3.60. The highest BCUT2D eigenvalue weighted by molar-refractivity contribution is 7.92. The summed E-state index contributed by atoms with van der Waals surface area (Å²) in [7, 11) is -4.17. The number of non-ortho nitro benzene ring substituents is 1. The Labute approximate surface area is 199 Å². The SMILES string of the molecule is CC(C)C[C@H](NC(=O)CN(c1cccc([N+](=O)[O-])c1)S(=O)(=O)c1ccccc1)c1ccccc1. The van der Waals surface area contributed by atoms with Gasteiger partial charge in [0.05, 0.1) is 21.5 Å². The lowest BCUT2D eigenvalue weighted by atomic mass is 9.97. The number of nitro groups is 1. The summed E-state index contributed by atoms with van der Waals surface area (Å²) in [6, 6.07) is 22.1. The van der Waals surface area contributed by atoms with Crippen molar-refractivity contribution in [2.45, 2.75) is 31.2 Å². The Bertz CT molecular complexity index is 1230. The third-order valence-electron chi connectivity index (χ3n) is 5.19. The van der Waals surface area contributed by atoms with Gasteiger partial charge in [0.25, 0.3) is 15.7 Å². The molecule has 34 heavy (non-hydrogen) atoms. The maximum atomic E-state index is 13.5. The summed E-state index contributed by atoms with van der Waals surface area (Å²) in [5.74, 6) is -0.230. The maximum absolute atomic E-state index is 13.5. The summed E-state index contributed by atoms with van der Waals surface area (Å²) in [6.45, 7) is 3.55. The van der Waals surface area contributed by atoms with Crippen LogP contribution in [-0.4, -0.2) is 25.8 Å². The molecule has 9 heteroatoms. The molecule has 0 radical (unpaired) electrons. The average Bonchev–Trinajstić information content (AvgIpc) is 2.83. The Balaban J connectivity index is 1.96. The first kappa shape index (κ1) is 24.9. The van der Waals surface area contributed by atoms with Gasteiger partial charge in [0.15, 0.2) is 0 Å². The van der Waals surface area contributed by atoms with Gasteiger partial charge in [-0.3, -0.25) is 19.2 Å². The van der Waals surface area contributed by atoms with E-state index >= 15 is 0 Å². The average molecular weight is 482 g/mol. The lowest BCUT2D eigenvalue weighted by Crippen LogP contribution is -2.42. The zero-order valence-electron chi connectivity index (χ0n) is 19.0. The molecule has 0 aliphatic carbocycles. The van der Waals surface area contributed by atoms with Gasteiger partial charge in [-0.2, -0.15) is 0 Å². The molecule has 1 amide bonds. The number of hydrogen-bond acceptors (Lipinski definition) is 5. The van der Waals surface area contributed by atoms with Crippen LogP contribution in [-0.2, 0) is 14.8 Å². The molecule has 0 fully saturated rings. The van der Waals surface area contributed by atoms with Crippen molar-refractivity contribution < 1.29 is 18.1 Å². The van der Waals surface area contributed by atoms with Gasteiger partial charge in [0.2, 0.25) is 5.91 Å². The van der Waals surface area contributed by atoms with Gasteiger partial charge < -0.3 is 5.32 Å². The van der Waals surface area contributed by atoms with Gasteiger partial charge >= 0.3 is 0 Å². The lowest BCUT2D eigenvalue weighted by molar-refractivity contribution is -0.384. The van der Waals surface area contributed by atoms with E-state index in [4.69, 9.17) is 0 Å². The van der Waals surface area contributed by atoms with E-state index in [9.17, 15) is 23.3 Å². The van der Waals surface area contributed by atoms with Crippen LogP contribution >= 0.6 is 0 Å². The number of sulfonamides is 1. The number of nitrogens with one attached hydrogen (secondary N) is 1. The van der Waals surface area contributed by atoms with E-state index in [1.54, 1.807) is 18.2 Å². The van der Waals surface area contributed by atoms with E-state index in [-0.39, 0.29) is 28.2 Å². The molecule has 0 saturated heterocycles. The molecule has 0 unspecified atom stereocenters. The minimum absolute atomic E-state index is 0.0175. The van der Waals surface area contributed by atoms with Gasteiger partial charge in [0, 0.05) is 12.1 Å². The number of benzene rings is 3. The molecule has 0 aliphatic rings.